The Morgan fingerprint density at radius 3 is 2.65 bits per heavy atom. The standard InChI is InChI=1S/C19H12BrClN4O/c20-17-3-1-2-4-18(17)24-19(26)14(10-22)9-13-11-23-25(12-13)16-7-5-15(21)6-8-16/h1-9,11-12H,(H,24,26)/b14-9+. The van der Waals surface area contributed by atoms with Crippen LogP contribution in [0.3, 0.4) is 0 Å². The second kappa shape index (κ2) is 8.00. The molecular formula is C19H12BrClN4O. The van der Waals surface area contributed by atoms with Crippen LogP contribution in [0.5, 0.6) is 0 Å². The fraction of sp³-hybridized carbons (Fsp3) is 0. The van der Waals surface area contributed by atoms with Crippen molar-refractivity contribution >= 4 is 45.2 Å². The molecule has 5 nitrogen and oxygen atoms in total. The summed E-state index contributed by atoms with van der Waals surface area (Å²) >= 11 is 9.24. The van der Waals surface area contributed by atoms with Crippen LogP contribution in [0.4, 0.5) is 5.69 Å². The van der Waals surface area contributed by atoms with E-state index in [1.54, 1.807) is 41.3 Å². The molecule has 0 unspecified atom stereocenters. The van der Waals surface area contributed by atoms with Gasteiger partial charge in [0.05, 0.1) is 17.6 Å². The number of nitriles is 1. The lowest BCUT2D eigenvalue weighted by molar-refractivity contribution is -0.112. The van der Waals surface area contributed by atoms with E-state index in [2.05, 4.69) is 26.3 Å². The van der Waals surface area contributed by atoms with Gasteiger partial charge in [0.25, 0.3) is 5.91 Å². The average molecular weight is 428 g/mol. The number of amides is 1. The molecule has 0 aliphatic carbocycles. The third-order valence-electron chi connectivity index (χ3n) is 3.49. The zero-order valence-electron chi connectivity index (χ0n) is 13.4. The smallest absolute Gasteiger partial charge is 0.266 e. The lowest BCUT2D eigenvalue weighted by Gasteiger charge is -2.05. The number of para-hydroxylation sites is 1. The van der Waals surface area contributed by atoms with Crippen molar-refractivity contribution in [2.45, 2.75) is 0 Å². The van der Waals surface area contributed by atoms with E-state index in [1.165, 1.54) is 6.08 Å². The van der Waals surface area contributed by atoms with E-state index in [4.69, 9.17) is 11.6 Å². The van der Waals surface area contributed by atoms with Crippen molar-refractivity contribution in [3.63, 3.8) is 0 Å². The van der Waals surface area contributed by atoms with Crippen LogP contribution in [0.25, 0.3) is 11.8 Å². The maximum absolute atomic E-state index is 12.3. The summed E-state index contributed by atoms with van der Waals surface area (Å²) < 4.78 is 2.38. The highest BCUT2D eigenvalue weighted by Crippen LogP contribution is 2.22. The van der Waals surface area contributed by atoms with Crippen LogP contribution in [-0.4, -0.2) is 15.7 Å². The van der Waals surface area contributed by atoms with Crippen LogP contribution in [0, 0.1) is 11.3 Å². The van der Waals surface area contributed by atoms with Gasteiger partial charge in [-0.25, -0.2) is 4.68 Å². The normalized spacial score (nSPS) is 11.0. The van der Waals surface area contributed by atoms with E-state index in [1.807, 2.05) is 30.3 Å². The highest BCUT2D eigenvalue weighted by atomic mass is 79.9. The largest absolute Gasteiger partial charge is 0.320 e. The van der Waals surface area contributed by atoms with Crippen molar-refractivity contribution in [1.82, 2.24) is 9.78 Å². The maximum atomic E-state index is 12.3. The van der Waals surface area contributed by atoms with Crippen molar-refractivity contribution in [1.29, 1.82) is 5.26 Å². The van der Waals surface area contributed by atoms with Gasteiger partial charge < -0.3 is 5.32 Å². The highest BCUT2D eigenvalue weighted by Gasteiger charge is 2.11. The first-order chi connectivity index (χ1) is 12.6. The molecule has 1 aromatic heterocycles. The molecule has 1 N–H and O–H groups in total. The van der Waals surface area contributed by atoms with Crippen LogP contribution in [0.1, 0.15) is 5.56 Å². The molecule has 0 saturated carbocycles. The minimum Gasteiger partial charge on any atom is -0.320 e. The summed E-state index contributed by atoms with van der Waals surface area (Å²) in [5.41, 5.74) is 2.04. The van der Waals surface area contributed by atoms with Gasteiger partial charge in [-0.1, -0.05) is 23.7 Å². The van der Waals surface area contributed by atoms with E-state index in [0.717, 1.165) is 10.2 Å². The third kappa shape index (κ3) is 4.20. The Hall–Kier alpha value is -2.88. The Kier molecular flexibility index (Phi) is 5.52. The van der Waals surface area contributed by atoms with E-state index >= 15 is 0 Å². The Bertz CT molecular complexity index is 1020. The molecule has 1 amide bonds. The highest BCUT2D eigenvalue weighted by molar-refractivity contribution is 9.10. The van der Waals surface area contributed by atoms with E-state index in [-0.39, 0.29) is 5.57 Å². The summed E-state index contributed by atoms with van der Waals surface area (Å²) in [6, 6.07) is 16.3. The Morgan fingerprint density at radius 1 is 1.23 bits per heavy atom. The number of rotatable bonds is 4. The minimum atomic E-state index is -0.487. The number of carbonyl (C=O) groups excluding carboxylic acids is 1. The molecule has 3 rings (SSSR count). The number of halogens is 2. The molecule has 7 heteroatoms. The van der Waals surface area contributed by atoms with E-state index < -0.39 is 5.91 Å². The minimum absolute atomic E-state index is 0.0172. The molecule has 0 aliphatic rings. The Morgan fingerprint density at radius 2 is 1.96 bits per heavy atom. The SMILES string of the molecule is N#C/C(=C\c1cnn(-c2ccc(Cl)cc2)c1)C(=O)Nc1ccccc1Br. The third-order valence-corrected chi connectivity index (χ3v) is 4.44. The number of nitrogens with zero attached hydrogens (tertiary/aromatic N) is 3. The molecular weight excluding hydrogens is 416 g/mol. The summed E-state index contributed by atoms with van der Waals surface area (Å²) in [5, 5.41) is 16.9. The number of anilines is 1. The van der Waals surface area contributed by atoms with Gasteiger partial charge in [0.1, 0.15) is 11.6 Å². The Balaban J connectivity index is 1.81. The first-order valence-electron chi connectivity index (χ1n) is 7.55. The lowest BCUT2D eigenvalue weighted by atomic mass is 10.2. The average Bonchev–Trinajstić information content (AvgIpc) is 3.10. The van der Waals surface area contributed by atoms with Crippen molar-refractivity contribution < 1.29 is 4.79 Å². The van der Waals surface area contributed by atoms with Crippen molar-refractivity contribution in [2.24, 2.45) is 0 Å². The summed E-state index contributed by atoms with van der Waals surface area (Å²) in [5.74, 6) is -0.487. The number of hydrogen-bond donors (Lipinski definition) is 1. The van der Waals surface area contributed by atoms with Gasteiger partial charge in [0.2, 0.25) is 0 Å². The van der Waals surface area contributed by atoms with Gasteiger partial charge in [-0.15, -0.1) is 0 Å². The van der Waals surface area contributed by atoms with E-state index in [9.17, 15) is 10.1 Å². The molecule has 2 aromatic carbocycles. The van der Waals surface area contributed by atoms with Crippen molar-refractivity contribution in [3.05, 3.63) is 81.6 Å². The fourth-order valence-corrected chi connectivity index (χ4v) is 2.72. The van der Waals surface area contributed by atoms with Gasteiger partial charge in [0, 0.05) is 21.3 Å². The van der Waals surface area contributed by atoms with Gasteiger partial charge in [0.15, 0.2) is 0 Å². The number of aromatic nitrogens is 2. The van der Waals surface area contributed by atoms with Crippen LogP contribution in [0.2, 0.25) is 5.02 Å². The molecule has 0 saturated heterocycles. The monoisotopic (exact) mass is 426 g/mol. The summed E-state index contributed by atoms with van der Waals surface area (Å²) in [6.45, 7) is 0. The number of nitrogens with one attached hydrogen (secondary N) is 1. The summed E-state index contributed by atoms with van der Waals surface area (Å²) in [7, 11) is 0. The van der Waals surface area contributed by atoms with Crippen molar-refractivity contribution in [3.8, 4) is 11.8 Å². The molecule has 1 heterocycles. The van der Waals surface area contributed by atoms with E-state index in [0.29, 0.717) is 16.3 Å². The molecule has 3 aromatic rings. The molecule has 0 spiro atoms. The number of benzene rings is 2. The molecule has 0 radical (unpaired) electrons. The van der Waals surface area contributed by atoms with Crippen LogP contribution >= 0.6 is 27.5 Å². The molecule has 0 atom stereocenters. The Labute approximate surface area is 163 Å². The van der Waals surface area contributed by atoms with Gasteiger partial charge in [-0.05, 0) is 58.4 Å². The van der Waals surface area contributed by atoms with Crippen LogP contribution in [-0.2, 0) is 4.79 Å². The van der Waals surface area contributed by atoms with Crippen LogP contribution in [0.15, 0.2) is 71.0 Å². The zero-order valence-corrected chi connectivity index (χ0v) is 15.7. The molecule has 128 valence electrons. The van der Waals surface area contributed by atoms with Crippen molar-refractivity contribution in [2.75, 3.05) is 5.32 Å². The number of hydrogen-bond acceptors (Lipinski definition) is 3. The first kappa shape index (κ1) is 17.9. The predicted molar refractivity (Wildman–Crippen MR) is 105 cm³/mol. The maximum Gasteiger partial charge on any atom is 0.266 e. The molecule has 0 aliphatic heterocycles. The molecule has 0 bridgehead atoms. The van der Waals surface area contributed by atoms with Gasteiger partial charge >= 0.3 is 0 Å². The summed E-state index contributed by atoms with van der Waals surface area (Å²) in [4.78, 5) is 12.3. The van der Waals surface area contributed by atoms with Gasteiger partial charge in [-0.3, -0.25) is 4.79 Å². The molecule has 0 fully saturated rings. The predicted octanol–water partition coefficient (Wildman–Crippen LogP) is 4.83. The first-order valence-corrected chi connectivity index (χ1v) is 8.72. The number of carbonyl (C=O) groups is 1. The van der Waals surface area contributed by atoms with Gasteiger partial charge in [-0.2, -0.15) is 10.4 Å². The second-order valence-corrected chi connectivity index (χ2v) is 6.59. The second-order valence-electron chi connectivity index (χ2n) is 5.30. The van der Waals surface area contributed by atoms with Crippen LogP contribution < -0.4 is 5.32 Å². The summed E-state index contributed by atoms with van der Waals surface area (Å²) in [6.07, 6.45) is 4.80. The fourth-order valence-electron chi connectivity index (χ4n) is 2.21. The quantitative estimate of drug-likeness (QED) is 0.479. The topological polar surface area (TPSA) is 70.7 Å². The molecule has 26 heavy (non-hydrogen) atoms. The lowest BCUT2D eigenvalue weighted by Crippen LogP contribution is -2.13. The zero-order chi connectivity index (χ0) is 18.5.